The van der Waals surface area contributed by atoms with Gasteiger partial charge >= 0.3 is 0 Å². The number of nitrogens with two attached hydrogens (primary N) is 1. The molecular formula is C15H23FN2O2. The lowest BCUT2D eigenvalue weighted by Crippen LogP contribution is -2.42. The summed E-state index contributed by atoms with van der Waals surface area (Å²) in [5.41, 5.74) is 6.59. The highest BCUT2D eigenvalue weighted by molar-refractivity contribution is 5.29. The van der Waals surface area contributed by atoms with E-state index in [0.717, 1.165) is 18.7 Å². The van der Waals surface area contributed by atoms with E-state index in [4.69, 9.17) is 15.2 Å². The van der Waals surface area contributed by atoms with E-state index in [2.05, 4.69) is 4.90 Å². The first kappa shape index (κ1) is 15.2. The second kappa shape index (κ2) is 7.02. The van der Waals surface area contributed by atoms with E-state index in [1.807, 2.05) is 20.0 Å². The standard InChI is InChI=1S/C15H23FN2O2/c1-11(17)7-12-3-4-15(14(16)8-12)20-10-13-9-18(2)5-6-19-13/h3-4,8,11,13H,5-7,9-10,17H2,1-2H3. The number of benzene rings is 1. The lowest BCUT2D eigenvalue weighted by atomic mass is 10.1. The number of morpholine rings is 1. The second-order valence-electron chi connectivity index (χ2n) is 5.51. The van der Waals surface area contributed by atoms with Crippen molar-refractivity contribution in [3.05, 3.63) is 29.6 Å². The van der Waals surface area contributed by atoms with Gasteiger partial charge in [-0.15, -0.1) is 0 Å². The smallest absolute Gasteiger partial charge is 0.165 e. The fourth-order valence-electron chi connectivity index (χ4n) is 2.31. The Morgan fingerprint density at radius 1 is 1.55 bits per heavy atom. The molecule has 0 saturated carbocycles. The van der Waals surface area contributed by atoms with Gasteiger partial charge in [0.2, 0.25) is 0 Å². The van der Waals surface area contributed by atoms with Gasteiger partial charge in [-0.3, -0.25) is 0 Å². The van der Waals surface area contributed by atoms with E-state index in [9.17, 15) is 4.39 Å². The van der Waals surface area contributed by atoms with E-state index in [0.29, 0.717) is 19.6 Å². The van der Waals surface area contributed by atoms with Crippen molar-refractivity contribution in [2.75, 3.05) is 33.4 Å². The van der Waals surface area contributed by atoms with Crippen molar-refractivity contribution < 1.29 is 13.9 Å². The number of ether oxygens (including phenoxy) is 2. The number of halogens is 1. The van der Waals surface area contributed by atoms with E-state index in [1.54, 1.807) is 6.07 Å². The summed E-state index contributed by atoms with van der Waals surface area (Å²) in [7, 11) is 2.04. The van der Waals surface area contributed by atoms with Gasteiger partial charge in [0, 0.05) is 19.1 Å². The SMILES string of the molecule is CC(N)Cc1ccc(OCC2CN(C)CCO2)c(F)c1. The number of nitrogens with zero attached hydrogens (tertiary/aromatic N) is 1. The lowest BCUT2D eigenvalue weighted by molar-refractivity contribution is -0.0408. The maximum atomic E-state index is 13.9. The van der Waals surface area contributed by atoms with Gasteiger partial charge in [0.25, 0.3) is 0 Å². The van der Waals surface area contributed by atoms with Gasteiger partial charge in [0.1, 0.15) is 12.7 Å². The Hall–Kier alpha value is -1.17. The molecule has 20 heavy (non-hydrogen) atoms. The molecule has 1 heterocycles. The summed E-state index contributed by atoms with van der Waals surface area (Å²) in [6, 6.07) is 5.04. The minimum absolute atomic E-state index is 0.00288. The first-order chi connectivity index (χ1) is 9.54. The fourth-order valence-corrected chi connectivity index (χ4v) is 2.31. The van der Waals surface area contributed by atoms with Crippen LogP contribution < -0.4 is 10.5 Å². The van der Waals surface area contributed by atoms with Crippen LogP contribution in [-0.2, 0) is 11.2 Å². The van der Waals surface area contributed by atoms with Gasteiger partial charge in [-0.25, -0.2) is 4.39 Å². The fraction of sp³-hybridized carbons (Fsp3) is 0.600. The molecule has 112 valence electrons. The van der Waals surface area contributed by atoms with Crippen molar-refractivity contribution in [1.82, 2.24) is 4.90 Å². The van der Waals surface area contributed by atoms with E-state index >= 15 is 0 Å². The van der Waals surface area contributed by atoms with E-state index in [-0.39, 0.29) is 23.7 Å². The lowest BCUT2D eigenvalue weighted by Gasteiger charge is -2.29. The molecule has 0 amide bonds. The Balaban J connectivity index is 1.89. The zero-order valence-corrected chi connectivity index (χ0v) is 12.1. The van der Waals surface area contributed by atoms with Crippen molar-refractivity contribution >= 4 is 0 Å². The first-order valence-corrected chi connectivity index (χ1v) is 7.01. The average Bonchev–Trinajstić information content (AvgIpc) is 2.37. The molecule has 1 aliphatic rings. The highest BCUT2D eigenvalue weighted by Gasteiger charge is 2.18. The average molecular weight is 282 g/mol. The molecule has 5 heteroatoms. The Morgan fingerprint density at radius 3 is 3.00 bits per heavy atom. The molecule has 0 radical (unpaired) electrons. The van der Waals surface area contributed by atoms with Gasteiger partial charge in [0.05, 0.1) is 6.61 Å². The number of likely N-dealkylation sites (N-methyl/N-ethyl adjacent to an activating group) is 1. The van der Waals surface area contributed by atoms with Crippen molar-refractivity contribution in [1.29, 1.82) is 0 Å². The van der Waals surface area contributed by atoms with Crippen molar-refractivity contribution in [3.8, 4) is 5.75 Å². The zero-order chi connectivity index (χ0) is 14.5. The second-order valence-corrected chi connectivity index (χ2v) is 5.51. The summed E-state index contributed by atoms with van der Waals surface area (Å²) < 4.78 is 25.0. The predicted molar refractivity (Wildman–Crippen MR) is 76.5 cm³/mol. The molecule has 0 spiro atoms. The highest BCUT2D eigenvalue weighted by Crippen LogP contribution is 2.20. The monoisotopic (exact) mass is 282 g/mol. The van der Waals surface area contributed by atoms with Gasteiger partial charge < -0.3 is 20.1 Å². The van der Waals surface area contributed by atoms with Crippen LogP contribution in [-0.4, -0.2) is 50.4 Å². The largest absolute Gasteiger partial charge is 0.488 e. The van der Waals surface area contributed by atoms with Gasteiger partial charge in [-0.1, -0.05) is 6.07 Å². The molecular weight excluding hydrogens is 259 g/mol. The summed E-state index contributed by atoms with van der Waals surface area (Å²) in [6.07, 6.45) is 0.658. The minimum Gasteiger partial charge on any atom is -0.488 e. The van der Waals surface area contributed by atoms with Crippen molar-refractivity contribution in [2.45, 2.75) is 25.5 Å². The van der Waals surface area contributed by atoms with Crippen LogP contribution in [0.25, 0.3) is 0 Å². The van der Waals surface area contributed by atoms with Crippen molar-refractivity contribution in [3.63, 3.8) is 0 Å². The summed E-state index contributed by atoms with van der Waals surface area (Å²) in [4.78, 5) is 2.18. The molecule has 0 aliphatic carbocycles. The van der Waals surface area contributed by atoms with Crippen LogP contribution in [0.1, 0.15) is 12.5 Å². The Bertz CT molecular complexity index is 440. The van der Waals surface area contributed by atoms with Gasteiger partial charge in [-0.2, -0.15) is 0 Å². The molecule has 1 aromatic carbocycles. The quantitative estimate of drug-likeness (QED) is 0.887. The minimum atomic E-state index is -0.340. The third-order valence-electron chi connectivity index (χ3n) is 3.32. The number of hydrogen-bond donors (Lipinski definition) is 1. The predicted octanol–water partition coefficient (Wildman–Crippen LogP) is 1.42. The molecule has 1 fully saturated rings. The van der Waals surface area contributed by atoms with E-state index < -0.39 is 0 Å². The third kappa shape index (κ3) is 4.44. The molecule has 2 atom stereocenters. The Morgan fingerprint density at radius 2 is 2.35 bits per heavy atom. The maximum absolute atomic E-state index is 13.9. The highest BCUT2D eigenvalue weighted by atomic mass is 19.1. The molecule has 2 unspecified atom stereocenters. The Labute approximate surface area is 119 Å². The summed E-state index contributed by atoms with van der Waals surface area (Å²) in [6.45, 7) is 4.70. The van der Waals surface area contributed by atoms with E-state index in [1.165, 1.54) is 6.07 Å². The molecule has 0 bridgehead atoms. The van der Waals surface area contributed by atoms with Crippen LogP contribution in [0.5, 0.6) is 5.75 Å². The summed E-state index contributed by atoms with van der Waals surface area (Å²) in [5.74, 6) is -0.0671. The van der Waals surface area contributed by atoms with Crippen LogP contribution in [0.15, 0.2) is 18.2 Å². The number of rotatable bonds is 5. The first-order valence-electron chi connectivity index (χ1n) is 7.01. The third-order valence-corrected chi connectivity index (χ3v) is 3.32. The Kier molecular flexibility index (Phi) is 5.34. The van der Waals surface area contributed by atoms with Crippen LogP contribution in [0.3, 0.4) is 0 Å². The summed E-state index contributed by atoms with van der Waals surface area (Å²) in [5, 5.41) is 0. The normalized spacial score (nSPS) is 21.7. The molecule has 1 saturated heterocycles. The molecule has 1 aliphatic heterocycles. The molecule has 1 aromatic rings. The topological polar surface area (TPSA) is 47.7 Å². The van der Waals surface area contributed by atoms with Gasteiger partial charge in [0.15, 0.2) is 11.6 Å². The molecule has 2 rings (SSSR count). The maximum Gasteiger partial charge on any atom is 0.165 e. The molecule has 0 aromatic heterocycles. The van der Waals surface area contributed by atoms with Gasteiger partial charge in [-0.05, 0) is 38.1 Å². The van der Waals surface area contributed by atoms with Crippen LogP contribution in [0.4, 0.5) is 4.39 Å². The molecule has 4 nitrogen and oxygen atoms in total. The zero-order valence-electron chi connectivity index (χ0n) is 12.1. The number of hydrogen-bond acceptors (Lipinski definition) is 4. The van der Waals surface area contributed by atoms with Crippen LogP contribution in [0.2, 0.25) is 0 Å². The van der Waals surface area contributed by atoms with Crippen LogP contribution >= 0.6 is 0 Å². The molecule has 2 N–H and O–H groups in total. The van der Waals surface area contributed by atoms with Crippen LogP contribution in [0, 0.1) is 5.82 Å². The van der Waals surface area contributed by atoms with Crippen molar-refractivity contribution in [2.24, 2.45) is 5.73 Å². The summed E-state index contributed by atoms with van der Waals surface area (Å²) >= 11 is 0.